The quantitative estimate of drug-likeness (QED) is 0.878. The van der Waals surface area contributed by atoms with Crippen LogP contribution in [0.5, 0.6) is 0 Å². The van der Waals surface area contributed by atoms with Gasteiger partial charge in [0.25, 0.3) is 0 Å². The van der Waals surface area contributed by atoms with Gasteiger partial charge in [0, 0.05) is 38.1 Å². The van der Waals surface area contributed by atoms with Gasteiger partial charge in [-0.2, -0.15) is 11.3 Å². The zero-order valence-electron chi connectivity index (χ0n) is 11.8. The van der Waals surface area contributed by atoms with Gasteiger partial charge in [-0.25, -0.2) is 12.7 Å². The van der Waals surface area contributed by atoms with Crippen LogP contribution in [-0.2, 0) is 14.8 Å². The second-order valence-electron chi connectivity index (χ2n) is 5.93. The number of ether oxygens (including phenoxy) is 1. The molecule has 0 saturated carbocycles. The molecule has 0 bridgehead atoms. The Morgan fingerprint density at radius 2 is 2.29 bits per heavy atom. The van der Waals surface area contributed by atoms with E-state index in [9.17, 15) is 13.5 Å². The number of hydrogen-bond donors (Lipinski definition) is 1. The zero-order valence-corrected chi connectivity index (χ0v) is 13.5. The normalized spacial score (nSPS) is 31.0. The molecule has 2 aliphatic rings. The van der Waals surface area contributed by atoms with Gasteiger partial charge < -0.3 is 9.84 Å². The van der Waals surface area contributed by atoms with E-state index >= 15 is 0 Å². The lowest BCUT2D eigenvalue weighted by Crippen LogP contribution is -2.34. The van der Waals surface area contributed by atoms with Crippen molar-refractivity contribution in [1.82, 2.24) is 4.31 Å². The largest absolute Gasteiger partial charge is 0.396 e. The van der Waals surface area contributed by atoms with E-state index in [0.29, 0.717) is 26.3 Å². The second-order valence-corrected chi connectivity index (χ2v) is 8.72. The van der Waals surface area contributed by atoms with Crippen LogP contribution in [0.15, 0.2) is 16.8 Å². The van der Waals surface area contributed by atoms with Crippen molar-refractivity contribution in [3.8, 4) is 0 Å². The van der Waals surface area contributed by atoms with E-state index in [2.05, 4.69) is 0 Å². The van der Waals surface area contributed by atoms with Crippen LogP contribution in [0.3, 0.4) is 0 Å². The predicted octanol–water partition coefficient (Wildman–Crippen LogP) is 1.12. The molecule has 0 spiro atoms. The summed E-state index contributed by atoms with van der Waals surface area (Å²) in [7, 11) is -3.26. The lowest BCUT2D eigenvalue weighted by molar-refractivity contribution is 0.188. The molecule has 3 heterocycles. The van der Waals surface area contributed by atoms with Crippen LogP contribution in [0.25, 0.3) is 0 Å². The maximum atomic E-state index is 12.6. The Morgan fingerprint density at radius 1 is 1.43 bits per heavy atom. The summed E-state index contributed by atoms with van der Waals surface area (Å²) in [5.74, 6) is 0.384. The highest BCUT2D eigenvalue weighted by molar-refractivity contribution is 7.89. The zero-order chi connectivity index (χ0) is 14.9. The van der Waals surface area contributed by atoms with E-state index < -0.39 is 10.0 Å². The summed E-state index contributed by atoms with van der Waals surface area (Å²) in [6.45, 7) is 2.14. The third-order valence-electron chi connectivity index (χ3n) is 4.48. The lowest BCUT2D eigenvalue weighted by atomic mass is 9.92. The first kappa shape index (κ1) is 15.4. The molecule has 2 fully saturated rings. The van der Waals surface area contributed by atoms with Crippen LogP contribution in [0, 0.1) is 11.8 Å². The summed E-state index contributed by atoms with van der Waals surface area (Å²) >= 11 is 1.61. The summed E-state index contributed by atoms with van der Waals surface area (Å²) in [6.07, 6.45) is 0.824. The van der Waals surface area contributed by atoms with Crippen LogP contribution in [0.4, 0.5) is 0 Å². The van der Waals surface area contributed by atoms with Gasteiger partial charge in [-0.1, -0.05) is 0 Å². The van der Waals surface area contributed by atoms with Gasteiger partial charge in [0.05, 0.1) is 12.4 Å². The van der Waals surface area contributed by atoms with E-state index in [4.69, 9.17) is 4.74 Å². The van der Waals surface area contributed by atoms with Crippen molar-refractivity contribution in [2.75, 3.05) is 38.7 Å². The Labute approximate surface area is 129 Å². The highest BCUT2D eigenvalue weighted by Gasteiger charge is 2.40. The molecule has 0 aromatic carbocycles. The van der Waals surface area contributed by atoms with Gasteiger partial charge in [-0.15, -0.1) is 0 Å². The fourth-order valence-electron chi connectivity index (χ4n) is 3.23. The fraction of sp³-hybridized carbons (Fsp3) is 0.714. The number of aliphatic hydroxyl groups excluding tert-OH is 1. The maximum absolute atomic E-state index is 12.6. The summed E-state index contributed by atoms with van der Waals surface area (Å²) < 4.78 is 31.9. The molecule has 5 nitrogen and oxygen atoms in total. The van der Waals surface area contributed by atoms with Crippen molar-refractivity contribution in [2.24, 2.45) is 11.8 Å². The third kappa shape index (κ3) is 3.32. The minimum Gasteiger partial charge on any atom is -0.396 e. The topological polar surface area (TPSA) is 66.8 Å². The maximum Gasteiger partial charge on any atom is 0.214 e. The third-order valence-corrected chi connectivity index (χ3v) is 7.16. The van der Waals surface area contributed by atoms with Crippen LogP contribution < -0.4 is 0 Å². The number of rotatable bonds is 5. The molecule has 0 aliphatic carbocycles. The molecule has 3 atom stereocenters. The van der Waals surface area contributed by atoms with Gasteiger partial charge in [0.15, 0.2) is 0 Å². The summed E-state index contributed by atoms with van der Waals surface area (Å²) in [6, 6.07) is 2.03. The minimum atomic E-state index is -3.26. The van der Waals surface area contributed by atoms with E-state index in [1.54, 1.807) is 15.6 Å². The number of sulfonamides is 1. The summed E-state index contributed by atoms with van der Waals surface area (Å²) in [5.41, 5.74) is 1.14. The number of thiophene rings is 1. The number of nitrogens with zero attached hydrogens (tertiary/aromatic N) is 1. The molecular formula is C14H21NO4S2. The van der Waals surface area contributed by atoms with E-state index in [1.807, 2.05) is 16.8 Å². The first-order valence-electron chi connectivity index (χ1n) is 7.28. The second kappa shape index (κ2) is 6.34. The molecule has 3 unspecified atom stereocenters. The van der Waals surface area contributed by atoms with Crippen molar-refractivity contribution in [2.45, 2.75) is 12.3 Å². The average Bonchev–Trinajstić information content (AvgIpc) is 3.18. The van der Waals surface area contributed by atoms with Crippen LogP contribution >= 0.6 is 11.3 Å². The van der Waals surface area contributed by atoms with Gasteiger partial charge in [0.1, 0.15) is 0 Å². The number of aliphatic hydroxyl groups is 1. The summed E-state index contributed by atoms with van der Waals surface area (Å²) in [4.78, 5) is 0. The minimum absolute atomic E-state index is 0.00537. The molecule has 3 rings (SSSR count). The van der Waals surface area contributed by atoms with Crippen LogP contribution in [0.1, 0.15) is 17.9 Å². The molecule has 2 aliphatic heterocycles. The predicted molar refractivity (Wildman–Crippen MR) is 81.9 cm³/mol. The highest BCUT2D eigenvalue weighted by atomic mass is 32.2. The lowest BCUT2D eigenvalue weighted by Gasteiger charge is -2.18. The van der Waals surface area contributed by atoms with Crippen molar-refractivity contribution in [1.29, 1.82) is 0 Å². The van der Waals surface area contributed by atoms with Crippen molar-refractivity contribution in [3.05, 3.63) is 22.4 Å². The smallest absolute Gasteiger partial charge is 0.214 e. The molecule has 7 heteroatoms. The van der Waals surface area contributed by atoms with E-state index in [1.165, 1.54) is 0 Å². The molecule has 21 heavy (non-hydrogen) atoms. The molecule has 0 radical (unpaired) electrons. The Morgan fingerprint density at radius 3 is 2.90 bits per heavy atom. The SMILES string of the molecule is O=S(=O)(CC1CCOC1)N1CC(CO)C(c2ccsc2)C1. The van der Waals surface area contributed by atoms with E-state index in [-0.39, 0.29) is 30.1 Å². The number of hydrogen-bond acceptors (Lipinski definition) is 5. The van der Waals surface area contributed by atoms with Crippen molar-refractivity contribution in [3.63, 3.8) is 0 Å². The molecule has 0 amide bonds. The molecule has 1 N–H and O–H groups in total. The molecule has 2 saturated heterocycles. The van der Waals surface area contributed by atoms with Gasteiger partial charge in [0.2, 0.25) is 10.0 Å². The Bertz CT molecular complexity index is 552. The van der Waals surface area contributed by atoms with Gasteiger partial charge >= 0.3 is 0 Å². The molecular weight excluding hydrogens is 310 g/mol. The first-order valence-corrected chi connectivity index (χ1v) is 9.84. The Kier molecular flexibility index (Phi) is 4.66. The van der Waals surface area contributed by atoms with Crippen LogP contribution in [0.2, 0.25) is 0 Å². The molecule has 1 aromatic heterocycles. The Hall–Kier alpha value is -0.470. The van der Waals surface area contributed by atoms with Crippen molar-refractivity contribution >= 4 is 21.4 Å². The van der Waals surface area contributed by atoms with Crippen LogP contribution in [-0.4, -0.2) is 56.5 Å². The van der Waals surface area contributed by atoms with E-state index in [0.717, 1.165) is 12.0 Å². The fourth-order valence-corrected chi connectivity index (χ4v) is 5.83. The molecule has 118 valence electrons. The first-order chi connectivity index (χ1) is 10.1. The highest BCUT2D eigenvalue weighted by Crippen LogP contribution is 2.35. The molecule has 1 aromatic rings. The van der Waals surface area contributed by atoms with Gasteiger partial charge in [-0.05, 0) is 34.7 Å². The monoisotopic (exact) mass is 331 g/mol. The standard InChI is InChI=1S/C14H21NO4S2/c16-7-13-5-15(6-14(13)12-2-4-20-9-12)21(17,18)10-11-1-3-19-8-11/h2,4,9,11,13-14,16H,1,3,5-8,10H2. The van der Waals surface area contributed by atoms with Gasteiger partial charge in [-0.3, -0.25) is 0 Å². The Balaban J connectivity index is 1.71. The summed E-state index contributed by atoms with van der Waals surface area (Å²) in [5, 5.41) is 13.6. The van der Waals surface area contributed by atoms with Crippen molar-refractivity contribution < 1.29 is 18.3 Å². The average molecular weight is 331 g/mol.